The largest absolute Gasteiger partial charge is 0.332 e. The maximum atomic E-state index is 12.3. The van der Waals surface area contributed by atoms with E-state index in [1.54, 1.807) is 22.2 Å². The van der Waals surface area contributed by atoms with E-state index < -0.39 is 5.91 Å². The Bertz CT molecular complexity index is 772. The number of hydrogen-bond acceptors (Lipinski definition) is 4. The Morgan fingerprint density at radius 1 is 0.880 bits per heavy atom. The molecule has 25 heavy (non-hydrogen) atoms. The highest BCUT2D eigenvalue weighted by molar-refractivity contribution is 6.35. The average Bonchev–Trinajstić information content (AvgIpc) is 3.47. The van der Waals surface area contributed by atoms with Crippen molar-refractivity contribution in [2.75, 3.05) is 19.6 Å². The van der Waals surface area contributed by atoms with Crippen molar-refractivity contribution in [2.24, 2.45) is 5.92 Å². The fourth-order valence-electron chi connectivity index (χ4n) is 3.04. The third-order valence-electron chi connectivity index (χ3n) is 4.72. The standard InChI is InChI=1S/C19H20N4O2/c24-18-19(25)23(9-8-22(18)12-14-6-7-14)13-17-20-10-16(11-21-17)15-4-2-1-3-5-15/h1-5,10-11,14H,6-9,12-13H2. The molecule has 0 atom stereocenters. The first-order valence-electron chi connectivity index (χ1n) is 8.65. The SMILES string of the molecule is O=C1C(=O)N(CC2CC2)CCN1Cc1ncc(-c2ccccc2)cn1. The highest BCUT2D eigenvalue weighted by Crippen LogP contribution is 2.30. The summed E-state index contributed by atoms with van der Waals surface area (Å²) in [6, 6.07) is 9.90. The average molecular weight is 336 g/mol. The molecule has 1 aliphatic carbocycles. The molecule has 2 fully saturated rings. The minimum absolute atomic E-state index is 0.275. The first-order valence-corrected chi connectivity index (χ1v) is 8.65. The molecule has 0 unspecified atom stereocenters. The Morgan fingerprint density at radius 3 is 2.20 bits per heavy atom. The maximum absolute atomic E-state index is 12.3. The smallest absolute Gasteiger partial charge is 0.312 e. The molecule has 2 amide bonds. The van der Waals surface area contributed by atoms with Gasteiger partial charge in [-0.3, -0.25) is 9.59 Å². The molecule has 2 aliphatic rings. The predicted octanol–water partition coefficient (Wildman–Crippen LogP) is 1.72. The Morgan fingerprint density at radius 2 is 1.52 bits per heavy atom. The molecule has 1 saturated heterocycles. The fourth-order valence-corrected chi connectivity index (χ4v) is 3.04. The van der Waals surface area contributed by atoms with Gasteiger partial charge in [-0.1, -0.05) is 30.3 Å². The molecule has 2 aromatic rings. The molecule has 1 aromatic heterocycles. The van der Waals surface area contributed by atoms with E-state index in [-0.39, 0.29) is 12.5 Å². The van der Waals surface area contributed by atoms with Gasteiger partial charge < -0.3 is 9.80 Å². The highest BCUT2D eigenvalue weighted by atomic mass is 16.2. The Kier molecular flexibility index (Phi) is 4.17. The van der Waals surface area contributed by atoms with E-state index in [0.29, 0.717) is 24.8 Å². The van der Waals surface area contributed by atoms with Crippen molar-refractivity contribution in [3.8, 4) is 11.1 Å². The lowest BCUT2D eigenvalue weighted by atomic mass is 10.1. The zero-order chi connectivity index (χ0) is 17.2. The summed E-state index contributed by atoms with van der Waals surface area (Å²) in [6.07, 6.45) is 5.85. The topological polar surface area (TPSA) is 66.4 Å². The minimum Gasteiger partial charge on any atom is -0.332 e. The van der Waals surface area contributed by atoms with Crippen LogP contribution in [0.15, 0.2) is 42.7 Å². The van der Waals surface area contributed by atoms with Crippen LogP contribution in [0.1, 0.15) is 18.7 Å². The molecular formula is C19H20N4O2. The van der Waals surface area contributed by atoms with Gasteiger partial charge in [0.1, 0.15) is 5.82 Å². The molecule has 0 bridgehead atoms. The van der Waals surface area contributed by atoms with Crippen molar-refractivity contribution in [2.45, 2.75) is 19.4 Å². The second kappa shape index (κ2) is 6.63. The molecule has 0 spiro atoms. The summed E-state index contributed by atoms with van der Waals surface area (Å²) in [4.78, 5) is 36.5. The lowest BCUT2D eigenvalue weighted by Crippen LogP contribution is -2.54. The van der Waals surface area contributed by atoms with E-state index in [9.17, 15) is 9.59 Å². The fraction of sp³-hybridized carbons (Fsp3) is 0.368. The molecule has 6 heteroatoms. The van der Waals surface area contributed by atoms with E-state index in [1.165, 1.54) is 12.8 Å². The number of nitrogens with zero attached hydrogens (tertiary/aromatic N) is 4. The number of hydrogen-bond donors (Lipinski definition) is 0. The monoisotopic (exact) mass is 336 g/mol. The van der Waals surface area contributed by atoms with Crippen LogP contribution in [-0.4, -0.2) is 51.2 Å². The number of carbonyl (C=O) groups is 2. The molecule has 1 aromatic carbocycles. The van der Waals surface area contributed by atoms with Gasteiger partial charge in [-0.25, -0.2) is 9.97 Å². The first kappa shape index (κ1) is 15.7. The first-order chi connectivity index (χ1) is 12.2. The van der Waals surface area contributed by atoms with Crippen LogP contribution in [0.5, 0.6) is 0 Å². The molecular weight excluding hydrogens is 316 g/mol. The maximum Gasteiger partial charge on any atom is 0.312 e. The number of carbonyl (C=O) groups excluding carboxylic acids is 2. The number of benzene rings is 1. The summed E-state index contributed by atoms with van der Waals surface area (Å²) >= 11 is 0. The van der Waals surface area contributed by atoms with E-state index in [4.69, 9.17) is 0 Å². The van der Waals surface area contributed by atoms with Gasteiger partial charge in [0.2, 0.25) is 0 Å². The second-order valence-corrected chi connectivity index (χ2v) is 6.68. The molecule has 6 nitrogen and oxygen atoms in total. The quantitative estimate of drug-likeness (QED) is 0.780. The van der Waals surface area contributed by atoms with E-state index >= 15 is 0 Å². The van der Waals surface area contributed by atoms with Gasteiger partial charge in [-0.05, 0) is 24.3 Å². The van der Waals surface area contributed by atoms with Gasteiger partial charge in [0.15, 0.2) is 0 Å². The van der Waals surface area contributed by atoms with Gasteiger partial charge in [0.05, 0.1) is 6.54 Å². The van der Waals surface area contributed by atoms with E-state index in [0.717, 1.165) is 17.7 Å². The third-order valence-corrected chi connectivity index (χ3v) is 4.72. The molecule has 0 N–H and O–H groups in total. The molecule has 4 rings (SSSR count). The van der Waals surface area contributed by atoms with Crippen LogP contribution in [0.3, 0.4) is 0 Å². The van der Waals surface area contributed by atoms with Crippen molar-refractivity contribution < 1.29 is 9.59 Å². The van der Waals surface area contributed by atoms with Crippen molar-refractivity contribution in [3.05, 3.63) is 48.5 Å². The van der Waals surface area contributed by atoms with E-state index in [1.807, 2.05) is 30.3 Å². The third kappa shape index (κ3) is 3.52. The Balaban J connectivity index is 1.40. The summed E-state index contributed by atoms with van der Waals surface area (Å²) in [5.41, 5.74) is 1.98. The summed E-state index contributed by atoms with van der Waals surface area (Å²) in [5.74, 6) is 0.315. The van der Waals surface area contributed by atoms with Gasteiger partial charge in [0, 0.05) is 37.6 Å². The van der Waals surface area contributed by atoms with Gasteiger partial charge in [-0.2, -0.15) is 0 Å². The van der Waals surface area contributed by atoms with Crippen molar-refractivity contribution >= 4 is 11.8 Å². The Hall–Kier alpha value is -2.76. The molecule has 1 saturated carbocycles. The molecule has 2 heterocycles. The lowest BCUT2D eigenvalue weighted by Gasteiger charge is -2.33. The number of rotatable bonds is 5. The van der Waals surface area contributed by atoms with Crippen molar-refractivity contribution in [1.82, 2.24) is 19.8 Å². The molecule has 128 valence electrons. The zero-order valence-electron chi connectivity index (χ0n) is 14.0. The van der Waals surface area contributed by atoms with Crippen LogP contribution in [0.25, 0.3) is 11.1 Å². The lowest BCUT2D eigenvalue weighted by molar-refractivity contribution is -0.156. The summed E-state index contributed by atoms with van der Waals surface area (Å²) in [6.45, 7) is 2.14. The molecule has 1 aliphatic heterocycles. The Labute approximate surface area is 146 Å². The van der Waals surface area contributed by atoms with E-state index in [2.05, 4.69) is 9.97 Å². The van der Waals surface area contributed by atoms with Crippen LogP contribution in [0.4, 0.5) is 0 Å². The van der Waals surface area contributed by atoms with Crippen molar-refractivity contribution in [1.29, 1.82) is 0 Å². The van der Waals surface area contributed by atoms with Crippen LogP contribution in [0, 0.1) is 5.92 Å². The minimum atomic E-state index is -0.442. The highest BCUT2D eigenvalue weighted by Gasteiger charge is 2.35. The summed E-state index contributed by atoms with van der Waals surface area (Å²) < 4.78 is 0. The van der Waals surface area contributed by atoms with Crippen LogP contribution in [-0.2, 0) is 16.1 Å². The van der Waals surface area contributed by atoms with Gasteiger partial charge >= 0.3 is 11.8 Å². The number of amides is 2. The second-order valence-electron chi connectivity index (χ2n) is 6.68. The number of piperazine rings is 1. The van der Waals surface area contributed by atoms with Crippen LogP contribution < -0.4 is 0 Å². The summed E-state index contributed by atoms with van der Waals surface area (Å²) in [5, 5.41) is 0. The normalized spacial score (nSPS) is 17.9. The number of aromatic nitrogens is 2. The van der Waals surface area contributed by atoms with Gasteiger partial charge in [-0.15, -0.1) is 0 Å². The van der Waals surface area contributed by atoms with Crippen LogP contribution >= 0.6 is 0 Å². The van der Waals surface area contributed by atoms with Crippen LogP contribution in [0.2, 0.25) is 0 Å². The predicted molar refractivity (Wildman–Crippen MR) is 92.2 cm³/mol. The summed E-state index contributed by atoms with van der Waals surface area (Å²) in [7, 11) is 0. The molecule has 0 radical (unpaired) electrons. The van der Waals surface area contributed by atoms with Gasteiger partial charge in [0.25, 0.3) is 0 Å². The van der Waals surface area contributed by atoms with Crippen molar-refractivity contribution in [3.63, 3.8) is 0 Å². The zero-order valence-corrected chi connectivity index (χ0v) is 14.0.